The van der Waals surface area contributed by atoms with Crippen molar-refractivity contribution in [2.24, 2.45) is 0 Å². The van der Waals surface area contributed by atoms with Gasteiger partial charge in [-0.3, -0.25) is 4.68 Å². The van der Waals surface area contributed by atoms with E-state index in [1.807, 2.05) is 0 Å². The highest BCUT2D eigenvalue weighted by atomic mass is 35.5. The molecule has 6 nitrogen and oxygen atoms in total. The summed E-state index contributed by atoms with van der Waals surface area (Å²) >= 11 is 5.70. The molecular weight excluding hydrogens is 456 g/mol. The second-order valence-electron chi connectivity index (χ2n) is 6.90. The van der Waals surface area contributed by atoms with Crippen LogP contribution in [-0.2, 0) is 30.6 Å². The predicted octanol–water partition coefficient (Wildman–Crippen LogP) is 4.69. The van der Waals surface area contributed by atoms with Crippen LogP contribution >= 0.6 is 11.6 Å². The molecule has 0 saturated carbocycles. The normalized spacial score (nSPS) is 15.9. The summed E-state index contributed by atoms with van der Waals surface area (Å²) in [4.78, 5) is 13.6. The van der Waals surface area contributed by atoms with Gasteiger partial charge in [0.1, 0.15) is 12.3 Å². The van der Waals surface area contributed by atoms with Gasteiger partial charge in [0.25, 0.3) is 0 Å². The van der Waals surface area contributed by atoms with Crippen LogP contribution in [0.3, 0.4) is 0 Å². The number of ether oxygens (including phenoxy) is 1. The Morgan fingerprint density at radius 2 is 1.87 bits per heavy atom. The molecular formula is C18H16ClF6N3O3. The third kappa shape index (κ3) is 5.62. The van der Waals surface area contributed by atoms with E-state index in [9.17, 15) is 36.2 Å². The first kappa shape index (κ1) is 23.2. The highest BCUT2D eigenvalue weighted by Gasteiger charge is 2.41. The molecule has 1 unspecified atom stereocenters. The van der Waals surface area contributed by atoms with Gasteiger partial charge in [-0.2, -0.15) is 31.4 Å². The van der Waals surface area contributed by atoms with E-state index in [4.69, 9.17) is 16.3 Å². The van der Waals surface area contributed by atoms with Gasteiger partial charge in [0, 0.05) is 18.1 Å². The maximum absolute atomic E-state index is 12.9. The summed E-state index contributed by atoms with van der Waals surface area (Å²) in [5.41, 5.74) is -1.28. The highest BCUT2D eigenvalue weighted by Crippen LogP contribution is 2.33. The Balaban J connectivity index is 1.68. The van der Waals surface area contributed by atoms with Crippen molar-refractivity contribution < 1.29 is 41.0 Å². The van der Waals surface area contributed by atoms with Crippen molar-refractivity contribution in [3.8, 4) is 0 Å². The lowest BCUT2D eigenvalue weighted by Crippen LogP contribution is -2.31. The molecule has 0 radical (unpaired) electrons. The quantitative estimate of drug-likeness (QED) is 0.659. The molecule has 31 heavy (non-hydrogen) atoms. The molecule has 1 aliphatic heterocycles. The summed E-state index contributed by atoms with van der Waals surface area (Å²) in [6.45, 7) is -0.203. The van der Waals surface area contributed by atoms with Crippen molar-refractivity contribution in [3.63, 3.8) is 0 Å². The molecule has 1 N–H and O–H groups in total. The number of aryl methyl sites for hydroxylation is 1. The minimum Gasteiger partial charge on any atom is -0.445 e. The number of aliphatic hydroxyl groups excluding tert-OH is 1. The lowest BCUT2D eigenvalue weighted by molar-refractivity contribution is -0.208. The molecule has 170 valence electrons. The van der Waals surface area contributed by atoms with Gasteiger partial charge in [-0.15, -0.1) is 0 Å². The summed E-state index contributed by atoms with van der Waals surface area (Å²) in [6.07, 6.45) is -12.8. The molecule has 1 aromatic heterocycles. The standard InChI is InChI=1S/C18H16ClF6N3O3/c19-12-5-10(4-11(6-12)17(20,21)22)9-31-16(30)27-2-1-3-28-13(8-27)7-14(26-28)15(29)18(23,24)25/h4-7,15,29H,1-3,8-9H2. The van der Waals surface area contributed by atoms with Gasteiger partial charge in [0.2, 0.25) is 0 Å². The summed E-state index contributed by atoms with van der Waals surface area (Å²) in [7, 11) is 0. The minimum atomic E-state index is -4.88. The van der Waals surface area contributed by atoms with Crippen LogP contribution in [0, 0.1) is 0 Å². The average molecular weight is 472 g/mol. The maximum Gasteiger partial charge on any atom is 0.420 e. The zero-order chi connectivity index (χ0) is 23.0. The van der Waals surface area contributed by atoms with Crippen LogP contribution in [0.2, 0.25) is 5.02 Å². The third-order valence-corrected chi connectivity index (χ3v) is 4.75. The first-order valence-electron chi connectivity index (χ1n) is 8.94. The van der Waals surface area contributed by atoms with Gasteiger partial charge in [0.05, 0.1) is 17.8 Å². The third-order valence-electron chi connectivity index (χ3n) is 4.53. The van der Waals surface area contributed by atoms with Crippen molar-refractivity contribution in [2.45, 2.75) is 44.6 Å². The molecule has 1 atom stereocenters. The van der Waals surface area contributed by atoms with Crippen LogP contribution < -0.4 is 0 Å². The molecule has 0 spiro atoms. The zero-order valence-electron chi connectivity index (χ0n) is 15.7. The lowest BCUT2D eigenvalue weighted by atomic mass is 10.1. The molecule has 1 amide bonds. The summed E-state index contributed by atoms with van der Waals surface area (Å²) < 4.78 is 83.1. The van der Waals surface area contributed by atoms with Gasteiger partial charge < -0.3 is 14.7 Å². The van der Waals surface area contributed by atoms with Gasteiger partial charge >= 0.3 is 18.4 Å². The fourth-order valence-corrected chi connectivity index (χ4v) is 3.33. The molecule has 2 aromatic rings. The maximum atomic E-state index is 12.9. The van der Waals surface area contributed by atoms with E-state index in [0.29, 0.717) is 6.42 Å². The van der Waals surface area contributed by atoms with E-state index in [-0.39, 0.29) is 35.9 Å². The number of fused-ring (bicyclic) bond motifs is 1. The van der Waals surface area contributed by atoms with Crippen LogP contribution in [0.1, 0.15) is 35.0 Å². The number of nitrogens with zero attached hydrogens (tertiary/aromatic N) is 3. The second-order valence-corrected chi connectivity index (χ2v) is 7.34. The second kappa shape index (κ2) is 8.58. The van der Waals surface area contributed by atoms with Crippen molar-refractivity contribution in [2.75, 3.05) is 6.54 Å². The van der Waals surface area contributed by atoms with Gasteiger partial charge in [-0.1, -0.05) is 11.6 Å². The Morgan fingerprint density at radius 1 is 1.16 bits per heavy atom. The Bertz CT molecular complexity index is 960. The fraction of sp³-hybridized carbons (Fsp3) is 0.444. The van der Waals surface area contributed by atoms with Crippen LogP contribution in [0.5, 0.6) is 0 Å². The average Bonchev–Trinajstić information content (AvgIpc) is 2.94. The number of rotatable bonds is 3. The zero-order valence-corrected chi connectivity index (χ0v) is 16.4. The number of alkyl halides is 6. The van der Waals surface area contributed by atoms with Crippen molar-refractivity contribution in [3.05, 3.63) is 51.8 Å². The minimum absolute atomic E-state index is 0.0311. The van der Waals surface area contributed by atoms with Gasteiger partial charge in [-0.25, -0.2) is 4.79 Å². The fourth-order valence-electron chi connectivity index (χ4n) is 3.08. The highest BCUT2D eigenvalue weighted by molar-refractivity contribution is 6.30. The predicted molar refractivity (Wildman–Crippen MR) is 94.9 cm³/mol. The lowest BCUT2D eigenvalue weighted by Gasteiger charge is -2.20. The molecule has 1 aliphatic rings. The van der Waals surface area contributed by atoms with E-state index in [1.54, 1.807) is 0 Å². The SMILES string of the molecule is O=C(OCc1cc(Cl)cc(C(F)(F)F)c1)N1CCCn2nc(C(O)C(F)(F)F)cc2C1. The van der Waals surface area contributed by atoms with Crippen molar-refractivity contribution in [1.82, 2.24) is 14.7 Å². The first-order chi connectivity index (χ1) is 14.3. The van der Waals surface area contributed by atoms with Crippen LogP contribution in [0.4, 0.5) is 31.1 Å². The first-order valence-corrected chi connectivity index (χ1v) is 9.32. The number of aromatic nitrogens is 2. The van der Waals surface area contributed by atoms with E-state index in [0.717, 1.165) is 18.2 Å². The number of benzene rings is 1. The summed E-state index contributed by atoms with van der Waals surface area (Å²) in [6, 6.07) is 3.83. The van der Waals surface area contributed by atoms with Crippen molar-refractivity contribution >= 4 is 17.7 Å². The topological polar surface area (TPSA) is 67.6 Å². The molecule has 0 fully saturated rings. The van der Waals surface area contributed by atoms with Gasteiger partial charge in [-0.05, 0) is 36.2 Å². The molecule has 0 bridgehead atoms. The van der Waals surface area contributed by atoms with Crippen LogP contribution in [0.15, 0.2) is 24.3 Å². The van der Waals surface area contributed by atoms with Crippen LogP contribution in [0.25, 0.3) is 0 Å². The molecule has 1 aromatic carbocycles. The Kier molecular flexibility index (Phi) is 6.42. The number of amides is 1. The number of aliphatic hydroxyl groups is 1. The Labute approximate surface area is 176 Å². The molecule has 13 heteroatoms. The summed E-state index contributed by atoms with van der Waals surface area (Å²) in [5, 5.41) is 12.9. The molecule has 2 heterocycles. The van der Waals surface area contributed by atoms with E-state index in [2.05, 4.69) is 5.10 Å². The molecule has 0 aliphatic carbocycles. The van der Waals surface area contributed by atoms with Crippen LogP contribution in [-0.4, -0.2) is 38.6 Å². The Hall–Kier alpha value is -2.47. The summed E-state index contributed by atoms with van der Waals surface area (Å²) in [5.74, 6) is 0. The Morgan fingerprint density at radius 3 is 2.52 bits per heavy atom. The van der Waals surface area contributed by atoms with Crippen molar-refractivity contribution in [1.29, 1.82) is 0 Å². The number of carbonyl (C=O) groups is 1. The smallest absolute Gasteiger partial charge is 0.420 e. The number of halogens is 7. The van der Waals surface area contributed by atoms with E-state index in [1.165, 1.54) is 15.6 Å². The number of hydrogen-bond acceptors (Lipinski definition) is 4. The molecule has 0 saturated heterocycles. The van der Waals surface area contributed by atoms with E-state index < -0.39 is 42.4 Å². The monoisotopic (exact) mass is 471 g/mol. The molecule has 3 rings (SSSR count). The van der Waals surface area contributed by atoms with Gasteiger partial charge in [0.15, 0.2) is 6.10 Å². The van der Waals surface area contributed by atoms with E-state index >= 15 is 0 Å². The number of carbonyl (C=O) groups excluding carboxylic acids is 1. The number of hydrogen-bond donors (Lipinski definition) is 1. The largest absolute Gasteiger partial charge is 0.445 e.